The van der Waals surface area contributed by atoms with Crippen LogP contribution < -0.4 is 0 Å². The first-order valence-corrected chi connectivity index (χ1v) is 10.5. The molecule has 1 aliphatic heterocycles. The molecule has 0 aromatic heterocycles. The van der Waals surface area contributed by atoms with Crippen molar-refractivity contribution in [2.24, 2.45) is 17.3 Å². The smallest absolute Gasteiger partial charge is 0.0689 e. The fourth-order valence-corrected chi connectivity index (χ4v) is 7.35. The van der Waals surface area contributed by atoms with Gasteiger partial charge in [-0.3, -0.25) is 0 Å². The quantitative estimate of drug-likeness (QED) is 0.650. The predicted octanol–water partition coefficient (Wildman–Crippen LogP) is 5.71. The zero-order chi connectivity index (χ0) is 14.4. The summed E-state index contributed by atoms with van der Waals surface area (Å²) in [7, 11) is 0. The zero-order valence-corrected chi connectivity index (χ0v) is 14.7. The first kappa shape index (κ1) is 16.6. The molecule has 2 fully saturated rings. The molecule has 0 aromatic carbocycles. The molecule has 2 rings (SSSR count). The van der Waals surface area contributed by atoms with Crippen molar-refractivity contribution in [3.63, 3.8) is 0 Å². The summed E-state index contributed by atoms with van der Waals surface area (Å²) in [5.74, 6) is 4.57. The van der Waals surface area contributed by atoms with Crippen LogP contribution in [-0.2, 0) is 0 Å². The lowest BCUT2D eigenvalue weighted by atomic mass is 9.69. The summed E-state index contributed by atoms with van der Waals surface area (Å²) >= 11 is 4.44. The SMILES string of the molecule is CCCC1CSC(C2CCC(C#N)(CCC)CC2)SC1. The highest BCUT2D eigenvalue weighted by Crippen LogP contribution is 2.49. The van der Waals surface area contributed by atoms with E-state index in [9.17, 15) is 5.26 Å². The van der Waals surface area contributed by atoms with Gasteiger partial charge >= 0.3 is 0 Å². The van der Waals surface area contributed by atoms with Crippen molar-refractivity contribution in [1.82, 2.24) is 0 Å². The van der Waals surface area contributed by atoms with Crippen molar-refractivity contribution < 1.29 is 0 Å². The number of nitrogens with zero attached hydrogens (tertiary/aromatic N) is 1. The molecule has 1 heterocycles. The fraction of sp³-hybridized carbons (Fsp3) is 0.941. The molecule has 1 saturated heterocycles. The predicted molar refractivity (Wildman–Crippen MR) is 92.0 cm³/mol. The summed E-state index contributed by atoms with van der Waals surface area (Å²) < 4.78 is 0.821. The van der Waals surface area contributed by atoms with Gasteiger partial charge in [-0.05, 0) is 61.9 Å². The Bertz CT molecular complexity index is 320. The molecular formula is C17H29NS2. The van der Waals surface area contributed by atoms with Gasteiger partial charge in [-0.2, -0.15) is 5.26 Å². The van der Waals surface area contributed by atoms with Crippen molar-refractivity contribution in [1.29, 1.82) is 5.26 Å². The maximum atomic E-state index is 9.50. The Morgan fingerprint density at radius 2 is 1.75 bits per heavy atom. The van der Waals surface area contributed by atoms with E-state index in [1.165, 1.54) is 37.2 Å². The maximum Gasteiger partial charge on any atom is 0.0689 e. The van der Waals surface area contributed by atoms with E-state index >= 15 is 0 Å². The van der Waals surface area contributed by atoms with Gasteiger partial charge in [0.15, 0.2) is 0 Å². The van der Waals surface area contributed by atoms with Gasteiger partial charge in [-0.15, -0.1) is 23.5 Å². The Kier molecular flexibility index (Phi) is 6.62. The van der Waals surface area contributed by atoms with Crippen molar-refractivity contribution in [2.45, 2.75) is 69.8 Å². The molecule has 1 saturated carbocycles. The molecule has 3 heteroatoms. The second-order valence-corrected chi connectivity index (χ2v) is 9.32. The third-order valence-electron chi connectivity index (χ3n) is 5.03. The highest BCUT2D eigenvalue weighted by Gasteiger charge is 2.38. The summed E-state index contributed by atoms with van der Waals surface area (Å²) in [5, 5.41) is 9.50. The summed E-state index contributed by atoms with van der Waals surface area (Å²) in [4.78, 5) is 0. The highest BCUT2D eigenvalue weighted by molar-refractivity contribution is 8.17. The van der Waals surface area contributed by atoms with Crippen molar-refractivity contribution in [3.8, 4) is 6.07 Å². The molecule has 0 spiro atoms. The van der Waals surface area contributed by atoms with Gasteiger partial charge in [-0.1, -0.05) is 26.7 Å². The number of rotatable bonds is 5. The average molecular weight is 312 g/mol. The van der Waals surface area contributed by atoms with E-state index in [4.69, 9.17) is 0 Å². The van der Waals surface area contributed by atoms with E-state index < -0.39 is 0 Å². The van der Waals surface area contributed by atoms with Crippen LogP contribution in [0.5, 0.6) is 0 Å². The molecule has 0 atom stereocenters. The minimum Gasteiger partial charge on any atom is -0.198 e. The van der Waals surface area contributed by atoms with Crippen LogP contribution in [0.15, 0.2) is 0 Å². The molecule has 1 aliphatic carbocycles. The van der Waals surface area contributed by atoms with E-state index in [2.05, 4.69) is 43.4 Å². The van der Waals surface area contributed by atoms with Gasteiger partial charge in [-0.25, -0.2) is 0 Å². The molecule has 114 valence electrons. The lowest BCUT2D eigenvalue weighted by Crippen LogP contribution is -2.31. The van der Waals surface area contributed by atoms with Crippen LogP contribution in [-0.4, -0.2) is 16.1 Å². The van der Waals surface area contributed by atoms with Crippen LogP contribution in [0.25, 0.3) is 0 Å². The van der Waals surface area contributed by atoms with Gasteiger partial charge in [0.1, 0.15) is 0 Å². The first-order chi connectivity index (χ1) is 9.73. The van der Waals surface area contributed by atoms with Gasteiger partial charge in [0, 0.05) is 0 Å². The molecule has 20 heavy (non-hydrogen) atoms. The lowest BCUT2D eigenvalue weighted by molar-refractivity contribution is 0.203. The molecule has 0 amide bonds. The summed E-state index contributed by atoms with van der Waals surface area (Å²) in [6.07, 6.45) is 9.89. The standard InChI is InChI=1S/C17H29NS2/c1-3-5-14-11-19-16(20-12-14)15-6-9-17(13-18,8-4-2)10-7-15/h14-16H,3-12H2,1-2H3. The Hall–Kier alpha value is 0.190. The van der Waals surface area contributed by atoms with Crippen LogP contribution in [0.4, 0.5) is 0 Å². The summed E-state index contributed by atoms with van der Waals surface area (Å²) in [6, 6.07) is 2.65. The van der Waals surface area contributed by atoms with Crippen LogP contribution in [0.1, 0.15) is 65.2 Å². The van der Waals surface area contributed by atoms with Gasteiger partial charge in [0.05, 0.1) is 16.1 Å². The molecule has 0 aromatic rings. The minimum atomic E-state index is 0.0278. The van der Waals surface area contributed by atoms with E-state index in [0.717, 1.165) is 42.1 Å². The molecular weight excluding hydrogens is 282 g/mol. The number of thioether (sulfide) groups is 2. The Morgan fingerprint density at radius 1 is 1.10 bits per heavy atom. The van der Waals surface area contributed by atoms with Crippen LogP contribution in [0.2, 0.25) is 0 Å². The molecule has 1 nitrogen and oxygen atoms in total. The zero-order valence-electron chi connectivity index (χ0n) is 13.1. The van der Waals surface area contributed by atoms with Crippen LogP contribution >= 0.6 is 23.5 Å². The highest BCUT2D eigenvalue weighted by atomic mass is 32.2. The molecule has 0 radical (unpaired) electrons. The van der Waals surface area contributed by atoms with E-state index in [1.807, 2.05) is 0 Å². The Labute approximate surface area is 133 Å². The van der Waals surface area contributed by atoms with Crippen LogP contribution in [0, 0.1) is 28.6 Å². The molecule has 0 unspecified atom stereocenters. The lowest BCUT2D eigenvalue weighted by Gasteiger charge is -2.40. The van der Waals surface area contributed by atoms with Gasteiger partial charge < -0.3 is 0 Å². The van der Waals surface area contributed by atoms with E-state index in [0.29, 0.717) is 0 Å². The van der Waals surface area contributed by atoms with Crippen molar-refractivity contribution in [3.05, 3.63) is 0 Å². The molecule has 2 aliphatic rings. The fourth-order valence-electron chi connectivity index (χ4n) is 3.77. The van der Waals surface area contributed by atoms with Crippen LogP contribution in [0.3, 0.4) is 0 Å². The van der Waals surface area contributed by atoms with Crippen molar-refractivity contribution in [2.75, 3.05) is 11.5 Å². The summed E-state index contributed by atoms with van der Waals surface area (Å²) in [5.41, 5.74) is 0.0278. The first-order valence-electron chi connectivity index (χ1n) is 8.37. The summed E-state index contributed by atoms with van der Waals surface area (Å²) in [6.45, 7) is 4.52. The maximum absolute atomic E-state index is 9.50. The topological polar surface area (TPSA) is 23.8 Å². The van der Waals surface area contributed by atoms with Gasteiger partial charge in [0.25, 0.3) is 0 Å². The normalized spacial score (nSPS) is 38.4. The largest absolute Gasteiger partial charge is 0.198 e. The van der Waals surface area contributed by atoms with E-state index in [-0.39, 0.29) is 5.41 Å². The average Bonchev–Trinajstić information content (AvgIpc) is 2.50. The number of hydrogen-bond donors (Lipinski definition) is 0. The van der Waals surface area contributed by atoms with E-state index in [1.54, 1.807) is 0 Å². The second-order valence-electron chi connectivity index (χ2n) is 6.67. The third-order valence-corrected chi connectivity index (χ3v) is 8.60. The molecule has 0 N–H and O–H groups in total. The Balaban J connectivity index is 1.79. The second kappa shape index (κ2) is 7.99. The number of nitriles is 1. The number of hydrogen-bond acceptors (Lipinski definition) is 3. The monoisotopic (exact) mass is 311 g/mol. The van der Waals surface area contributed by atoms with Crippen molar-refractivity contribution >= 4 is 23.5 Å². The third kappa shape index (κ3) is 4.10. The van der Waals surface area contributed by atoms with Gasteiger partial charge in [0.2, 0.25) is 0 Å². The molecule has 0 bridgehead atoms. The Morgan fingerprint density at radius 3 is 2.25 bits per heavy atom. The minimum absolute atomic E-state index is 0.0278.